The Morgan fingerprint density at radius 1 is 1.37 bits per heavy atom. The smallest absolute Gasteiger partial charge is 0.338 e. The van der Waals surface area contributed by atoms with Crippen LogP contribution in [0.15, 0.2) is 36.5 Å². The maximum Gasteiger partial charge on any atom is 0.338 e. The van der Waals surface area contributed by atoms with Crippen LogP contribution in [-0.4, -0.2) is 16.1 Å². The quantitative estimate of drug-likeness (QED) is 0.881. The van der Waals surface area contributed by atoms with Crippen LogP contribution < -0.4 is 10.5 Å². The number of nitrogens with zero attached hydrogens (tertiary/aromatic N) is 1. The number of nitrogens with two attached hydrogens (primary N) is 1. The standard InChI is InChI=1S/C13H11FN2O3/c14-10-4-2-1-3-8(10)7-19-12-11(15)9(13(17)18)5-6-16-12/h1-6H,7,15H2,(H,17,18). The number of carbonyl (C=O) groups is 1. The minimum atomic E-state index is -1.17. The summed E-state index contributed by atoms with van der Waals surface area (Å²) in [5, 5.41) is 8.90. The molecule has 19 heavy (non-hydrogen) atoms. The summed E-state index contributed by atoms with van der Waals surface area (Å²) < 4.78 is 18.6. The van der Waals surface area contributed by atoms with Crippen molar-refractivity contribution in [2.24, 2.45) is 0 Å². The molecule has 0 saturated heterocycles. The van der Waals surface area contributed by atoms with E-state index < -0.39 is 11.8 Å². The van der Waals surface area contributed by atoms with Gasteiger partial charge in [-0.2, -0.15) is 0 Å². The molecule has 1 aromatic heterocycles. The Balaban J connectivity index is 2.19. The van der Waals surface area contributed by atoms with Crippen molar-refractivity contribution in [3.63, 3.8) is 0 Å². The number of rotatable bonds is 4. The molecule has 0 spiro atoms. The fraction of sp³-hybridized carbons (Fsp3) is 0.0769. The molecule has 0 bridgehead atoms. The van der Waals surface area contributed by atoms with Crippen LogP contribution in [-0.2, 0) is 6.61 Å². The Morgan fingerprint density at radius 3 is 2.79 bits per heavy atom. The summed E-state index contributed by atoms with van der Waals surface area (Å²) in [5.41, 5.74) is 5.79. The third-order valence-corrected chi connectivity index (χ3v) is 2.51. The Morgan fingerprint density at radius 2 is 2.11 bits per heavy atom. The van der Waals surface area contributed by atoms with E-state index in [2.05, 4.69) is 4.98 Å². The fourth-order valence-electron chi connectivity index (χ4n) is 1.52. The van der Waals surface area contributed by atoms with E-state index in [1.54, 1.807) is 18.2 Å². The zero-order valence-corrected chi connectivity index (χ0v) is 9.84. The van der Waals surface area contributed by atoms with Crippen LogP contribution in [0.5, 0.6) is 5.88 Å². The maximum absolute atomic E-state index is 13.4. The molecular formula is C13H11FN2O3. The lowest BCUT2D eigenvalue weighted by molar-refractivity contribution is 0.0697. The normalized spacial score (nSPS) is 10.2. The van der Waals surface area contributed by atoms with Crippen molar-refractivity contribution < 1.29 is 19.0 Å². The predicted octanol–water partition coefficient (Wildman–Crippen LogP) is 2.08. The molecule has 0 aliphatic heterocycles. The predicted molar refractivity (Wildman–Crippen MR) is 66.3 cm³/mol. The summed E-state index contributed by atoms with van der Waals surface area (Å²) in [4.78, 5) is 14.7. The summed E-state index contributed by atoms with van der Waals surface area (Å²) in [6.45, 7) is -0.0764. The number of nitrogen functional groups attached to an aromatic ring is 1. The number of aromatic nitrogens is 1. The van der Waals surface area contributed by atoms with Crippen LogP contribution in [0, 0.1) is 5.82 Å². The number of carboxylic acid groups (broad SMARTS) is 1. The molecule has 0 amide bonds. The van der Waals surface area contributed by atoms with Crippen LogP contribution in [0.4, 0.5) is 10.1 Å². The molecule has 6 heteroatoms. The highest BCUT2D eigenvalue weighted by Gasteiger charge is 2.13. The lowest BCUT2D eigenvalue weighted by Crippen LogP contribution is -2.07. The SMILES string of the molecule is Nc1c(C(=O)O)ccnc1OCc1ccccc1F. The van der Waals surface area contributed by atoms with Crippen LogP contribution in [0.2, 0.25) is 0 Å². The Kier molecular flexibility index (Phi) is 3.61. The molecule has 5 nitrogen and oxygen atoms in total. The number of halogens is 1. The van der Waals surface area contributed by atoms with E-state index in [1.165, 1.54) is 18.3 Å². The lowest BCUT2D eigenvalue weighted by atomic mass is 10.2. The van der Waals surface area contributed by atoms with Crippen molar-refractivity contribution in [1.82, 2.24) is 4.98 Å². The lowest BCUT2D eigenvalue weighted by Gasteiger charge is -2.09. The topological polar surface area (TPSA) is 85.4 Å². The van der Waals surface area contributed by atoms with Crippen molar-refractivity contribution in [3.8, 4) is 5.88 Å². The van der Waals surface area contributed by atoms with E-state index in [0.717, 1.165) is 0 Å². The zero-order valence-electron chi connectivity index (χ0n) is 9.84. The molecule has 1 heterocycles. The molecule has 2 rings (SSSR count). The number of ether oxygens (including phenoxy) is 1. The van der Waals surface area contributed by atoms with Crippen molar-refractivity contribution >= 4 is 11.7 Å². The minimum Gasteiger partial charge on any atom is -0.478 e. The zero-order chi connectivity index (χ0) is 13.8. The monoisotopic (exact) mass is 262 g/mol. The van der Waals surface area contributed by atoms with E-state index in [1.807, 2.05) is 0 Å². The number of hydrogen-bond acceptors (Lipinski definition) is 4. The van der Waals surface area contributed by atoms with Gasteiger partial charge in [-0.1, -0.05) is 18.2 Å². The highest BCUT2D eigenvalue weighted by Crippen LogP contribution is 2.23. The van der Waals surface area contributed by atoms with Crippen molar-refractivity contribution in [1.29, 1.82) is 0 Å². The Labute approximate surface area is 108 Å². The van der Waals surface area contributed by atoms with Gasteiger partial charge in [-0.15, -0.1) is 0 Å². The van der Waals surface area contributed by atoms with Gasteiger partial charge in [0, 0.05) is 11.8 Å². The molecule has 98 valence electrons. The number of hydrogen-bond donors (Lipinski definition) is 2. The van der Waals surface area contributed by atoms with Gasteiger partial charge in [0.05, 0.1) is 5.56 Å². The molecule has 2 aromatic rings. The summed E-state index contributed by atoms with van der Waals surface area (Å²) in [6, 6.07) is 7.38. The number of benzene rings is 1. The summed E-state index contributed by atoms with van der Waals surface area (Å²) in [7, 11) is 0. The molecule has 0 radical (unpaired) electrons. The summed E-state index contributed by atoms with van der Waals surface area (Å²) in [6.07, 6.45) is 1.27. The average molecular weight is 262 g/mol. The van der Waals surface area contributed by atoms with E-state index in [-0.39, 0.29) is 23.7 Å². The second-order valence-electron chi connectivity index (χ2n) is 3.76. The van der Waals surface area contributed by atoms with Gasteiger partial charge in [0.15, 0.2) is 0 Å². The number of anilines is 1. The van der Waals surface area contributed by atoms with E-state index >= 15 is 0 Å². The Bertz CT molecular complexity index is 617. The highest BCUT2D eigenvalue weighted by atomic mass is 19.1. The molecule has 3 N–H and O–H groups in total. The van der Waals surface area contributed by atoms with Gasteiger partial charge in [-0.3, -0.25) is 0 Å². The van der Waals surface area contributed by atoms with Gasteiger partial charge in [0.25, 0.3) is 0 Å². The molecule has 0 unspecified atom stereocenters. The van der Waals surface area contributed by atoms with Gasteiger partial charge in [-0.25, -0.2) is 14.2 Å². The second kappa shape index (κ2) is 5.34. The van der Waals surface area contributed by atoms with Crippen LogP contribution in [0.3, 0.4) is 0 Å². The van der Waals surface area contributed by atoms with Crippen molar-refractivity contribution in [3.05, 3.63) is 53.5 Å². The van der Waals surface area contributed by atoms with E-state index in [0.29, 0.717) is 5.56 Å². The van der Waals surface area contributed by atoms with Crippen LogP contribution >= 0.6 is 0 Å². The van der Waals surface area contributed by atoms with E-state index in [4.69, 9.17) is 15.6 Å². The molecular weight excluding hydrogens is 251 g/mol. The second-order valence-corrected chi connectivity index (χ2v) is 3.76. The fourth-order valence-corrected chi connectivity index (χ4v) is 1.52. The van der Waals surface area contributed by atoms with Crippen molar-refractivity contribution in [2.45, 2.75) is 6.61 Å². The Hall–Kier alpha value is -2.63. The van der Waals surface area contributed by atoms with Crippen molar-refractivity contribution in [2.75, 3.05) is 5.73 Å². The molecule has 0 saturated carbocycles. The summed E-state index contributed by atoms with van der Waals surface area (Å²) in [5.74, 6) is -1.60. The molecule has 0 fully saturated rings. The summed E-state index contributed by atoms with van der Waals surface area (Å²) >= 11 is 0. The third kappa shape index (κ3) is 2.79. The number of pyridine rings is 1. The number of aromatic carboxylic acids is 1. The minimum absolute atomic E-state index is 0.0249. The third-order valence-electron chi connectivity index (χ3n) is 2.51. The first-order valence-corrected chi connectivity index (χ1v) is 5.43. The van der Waals surface area contributed by atoms with Crippen LogP contribution in [0.1, 0.15) is 15.9 Å². The van der Waals surface area contributed by atoms with Gasteiger partial charge >= 0.3 is 5.97 Å². The largest absolute Gasteiger partial charge is 0.478 e. The van der Waals surface area contributed by atoms with Gasteiger partial charge in [-0.05, 0) is 12.1 Å². The average Bonchev–Trinajstić information content (AvgIpc) is 2.39. The highest BCUT2D eigenvalue weighted by molar-refractivity contribution is 5.94. The van der Waals surface area contributed by atoms with Gasteiger partial charge < -0.3 is 15.6 Å². The molecule has 0 aliphatic rings. The van der Waals surface area contributed by atoms with Crippen LogP contribution in [0.25, 0.3) is 0 Å². The van der Waals surface area contributed by atoms with E-state index in [9.17, 15) is 9.18 Å². The molecule has 1 aromatic carbocycles. The maximum atomic E-state index is 13.4. The van der Waals surface area contributed by atoms with Gasteiger partial charge in [0.1, 0.15) is 18.1 Å². The first kappa shape index (κ1) is 12.8. The van der Waals surface area contributed by atoms with Gasteiger partial charge in [0.2, 0.25) is 5.88 Å². The number of carboxylic acids is 1. The molecule has 0 atom stereocenters. The first-order valence-electron chi connectivity index (χ1n) is 5.43. The first-order chi connectivity index (χ1) is 9.09. The molecule has 0 aliphatic carbocycles.